The number of rotatable bonds is 3. The highest BCUT2D eigenvalue weighted by Crippen LogP contribution is 1.64. The molecule has 0 saturated heterocycles. The summed E-state index contributed by atoms with van der Waals surface area (Å²) in [4.78, 5) is 21.6. The van der Waals surface area contributed by atoms with E-state index < -0.39 is 11.4 Å². The summed E-state index contributed by atoms with van der Waals surface area (Å²) in [5.74, 6) is 0. The SMILES string of the molecule is CNCCn1c(=O)[nH][nH]c1=O. The van der Waals surface area contributed by atoms with Gasteiger partial charge in [0.05, 0.1) is 0 Å². The highest BCUT2D eigenvalue weighted by Gasteiger charge is 1.99. The highest BCUT2D eigenvalue weighted by atomic mass is 16.2. The normalized spacial score (nSPS) is 10.3. The Morgan fingerprint density at radius 3 is 2.36 bits per heavy atom. The van der Waals surface area contributed by atoms with Crippen LogP contribution in [0.25, 0.3) is 0 Å². The molecule has 0 aromatic carbocycles. The van der Waals surface area contributed by atoms with E-state index >= 15 is 0 Å². The lowest BCUT2D eigenvalue weighted by molar-refractivity contribution is 0.612. The molecule has 3 N–H and O–H groups in total. The first-order chi connectivity index (χ1) is 5.25. The van der Waals surface area contributed by atoms with Gasteiger partial charge >= 0.3 is 11.4 Å². The molecule has 0 unspecified atom stereocenters. The van der Waals surface area contributed by atoms with E-state index in [0.717, 1.165) is 4.57 Å². The summed E-state index contributed by atoms with van der Waals surface area (Å²) in [6.07, 6.45) is 0. The average molecular weight is 158 g/mol. The maximum absolute atomic E-state index is 10.8. The van der Waals surface area contributed by atoms with Crippen molar-refractivity contribution >= 4 is 0 Å². The summed E-state index contributed by atoms with van der Waals surface area (Å²) < 4.78 is 1.09. The first-order valence-electron chi connectivity index (χ1n) is 3.28. The molecule has 62 valence electrons. The Hall–Kier alpha value is -1.30. The molecular weight excluding hydrogens is 148 g/mol. The number of nitrogens with one attached hydrogen (secondary N) is 3. The lowest BCUT2D eigenvalue weighted by Gasteiger charge is -1.95. The van der Waals surface area contributed by atoms with Crippen LogP contribution in [0.1, 0.15) is 0 Å². The van der Waals surface area contributed by atoms with Gasteiger partial charge in [0.1, 0.15) is 0 Å². The van der Waals surface area contributed by atoms with E-state index in [-0.39, 0.29) is 0 Å². The van der Waals surface area contributed by atoms with E-state index in [0.29, 0.717) is 13.1 Å². The van der Waals surface area contributed by atoms with Crippen molar-refractivity contribution in [1.82, 2.24) is 20.1 Å². The number of likely N-dealkylation sites (N-methyl/N-ethyl adjacent to an activating group) is 1. The van der Waals surface area contributed by atoms with Crippen molar-refractivity contribution in [1.29, 1.82) is 0 Å². The molecule has 0 atom stereocenters. The largest absolute Gasteiger partial charge is 0.344 e. The van der Waals surface area contributed by atoms with Crippen molar-refractivity contribution in [3.05, 3.63) is 21.0 Å². The van der Waals surface area contributed by atoms with E-state index in [2.05, 4.69) is 15.5 Å². The number of H-pyrrole nitrogens is 2. The summed E-state index contributed by atoms with van der Waals surface area (Å²) >= 11 is 0. The number of hydrogen-bond donors (Lipinski definition) is 3. The quantitative estimate of drug-likeness (QED) is 0.479. The number of hydrogen-bond acceptors (Lipinski definition) is 3. The molecule has 0 radical (unpaired) electrons. The Bertz CT molecular complexity index is 292. The van der Waals surface area contributed by atoms with Crippen LogP contribution in [0.3, 0.4) is 0 Å². The zero-order chi connectivity index (χ0) is 8.27. The van der Waals surface area contributed by atoms with Gasteiger partial charge in [-0.1, -0.05) is 0 Å². The van der Waals surface area contributed by atoms with Crippen LogP contribution in [-0.2, 0) is 6.54 Å². The highest BCUT2D eigenvalue weighted by molar-refractivity contribution is 4.65. The molecule has 0 aliphatic heterocycles. The van der Waals surface area contributed by atoms with Crippen LogP contribution in [0, 0.1) is 0 Å². The number of nitrogens with zero attached hydrogens (tertiary/aromatic N) is 1. The van der Waals surface area contributed by atoms with E-state index in [4.69, 9.17) is 0 Å². The van der Waals surface area contributed by atoms with Crippen molar-refractivity contribution < 1.29 is 0 Å². The number of aromatic amines is 2. The molecule has 0 bridgehead atoms. The standard InChI is InChI=1S/C5H10N4O2/c1-6-2-3-9-4(10)7-8-5(9)11/h6H,2-3H2,1H3,(H,7,10)(H,8,11). The molecule has 0 aliphatic carbocycles. The van der Waals surface area contributed by atoms with Crippen LogP contribution in [0.5, 0.6) is 0 Å². The molecule has 1 rings (SSSR count). The molecule has 0 fully saturated rings. The lowest BCUT2D eigenvalue weighted by atomic mass is 10.6. The van der Waals surface area contributed by atoms with E-state index in [1.807, 2.05) is 0 Å². The second-order valence-electron chi connectivity index (χ2n) is 2.12. The Kier molecular flexibility index (Phi) is 2.27. The van der Waals surface area contributed by atoms with Gasteiger partial charge in [-0.3, -0.25) is 0 Å². The Labute approximate surface area is 62.2 Å². The predicted octanol–water partition coefficient (Wildman–Crippen LogP) is -1.92. The number of aromatic nitrogens is 3. The predicted molar refractivity (Wildman–Crippen MR) is 39.6 cm³/mol. The third-order valence-corrected chi connectivity index (χ3v) is 1.35. The fourth-order valence-electron chi connectivity index (χ4n) is 0.761. The van der Waals surface area contributed by atoms with E-state index in [9.17, 15) is 9.59 Å². The smallest absolute Gasteiger partial charge is 0.318 e. The zero-order valence-electron chi connectivity index (χ0n) is 6.18. The van der Waals surface area contributed by atoms with Gasteiger partial charge in [-0.25, -0.2) is 24.4 Å². The van der Waals surface area contributed by atoms with Gasteiger partial charge in [0.15, 0.2) is 0 Å². The van der Waals surface area contributed by atoms with Crippen LogP contribution in [0.2, 0.25) is 0 Å². The van der Waals surface area contributed by atoms with Crippen LogP contribution in [-0.4, -0.2) is 28.4 Å². The second kappa shape index (κ2) is 3.20. The molecule has 0 spiro atoms. The third-order valence-electron chi connectivity index (χ3n) is 1.35. The van der Waals surface area contributed by atoms with Gasteiger partial charge in [0.2, 0.25) is 0 Å². The minimum Gasteiger partial charge on any atom is -0.318 e. The van der Waals surface area contributed by atoms with Crippen LogP contribution in [0.15, 0.2) is 9.59 Å². The van der Waals surface area contributed by atoms with Gasteiger partial charge < -0.3 is 5.32 Å². The average Bonchev–Trinajstić information content (AvgIpc) is 2.29. The Morgan fingerprint density at radius 2 is 1.91 bits per heavy atom. The van der Waals surface area contributed by atoms with Gasteiger partial charge in [0.25, 0.3) is 0 Å². The Morgan fingerprint density at radius 1 is 1.36 bits per heavy atom. The van der Waals surface area contributed by atoms with E-state index in [1.54, 1.807) is 7.05 Å². The van der Waals surface area contributed by atoms with Gasteiger partial charge in [-0.15, -0.1) is 0 Å². The topological polar surface area (TPSA) is 82.7 Å². The molecule has 1 heterocycles. The van der Waals surface area contributed by atoms with Crippen molar-refractivity contribution in [2.24, 2.45) is 0 Å². The maximum Gasteiger partial charge on any atom is 0.344 e. The minimum atomic E-state index is -0.398. The molecule has 6 nitrogen and oxygen atoms in total. The van der Waals surface area contributed by atoms with Crippen molar-refractivity contribution in [3.8, 4) is 0 Å². The molecular formula is C5H10N4O2. The van der Waals surface area contributed by atoms with Crippen LogP contribution >= 0.6 is 0 Å². The summed E-state index contributed by atoms with van der Waals surface area (Å²) in [5.41, 5.74) is -0.796. The van der Waals surface area contributed by atoms with Crippen LogP contribution < -0.4 is 16.7 Å². The van der Waals surface area contributed by atoms with Crippen molar-refractivity contribution in [3.63, 3.8) is 0 Å². The summed E-state index contributed by atoms with van der Waals surface area (Å²) in [5, 5.41) is 7.21. The lowest BCUT2D eigenvalue weighted by Crippen LogP contribution is -2.30. The fourth-order valence-corrected chi connectivity index (χ4v) is 0.761. The first kappa shape index (κ1) is 7.80. The second-order valence-corrected chi connectivity index (χ2v) is 2.12. The molecule has 0 saturated carbocycles. The molecule has 0 amide bonds. The van der Waals surface area contributed by atoms with Crippen molar-refractivity contribution in [2.75, 3.05) is 13.6 Å². The third kappa shape index (κ3) is 1.58. The molecule has 11 heavy (non-hydrogen) atoms. The fraction of sp³-hybridized carbons (Fsp3) is 0.600. The Balaban J connectivity index is 2.84. The van der Waals surface area contributed by atoms with Gasteiger partial charge in [0, 0.05) is 13.1 Å². The van der Waals surface area contributed by atoms with Gasteiger partial charge in [-0.05, 0) is 7.05 Å². The van der Waals surface area contributed by atoms with E-state index in [1.165, 1.54) is 0 Å². The van der Waals surface area contributed by atoms with Gasteiger partial charge in [-0.2, -0.15) is 0 Å². The summed E-state index contributed by atoms with van der Waals surface area (Å²) in [7, 11) is 1.76. The molecule has 1 aromatic heterocycles. The van der Waals surface area contributed by atoms with Crippen LogP contribution in [0.4, 0.5) is 0 Å². The molecule has 6 heteroatoms. The monoisotopic (exact) mass is 158 g/mol. The molecule has 0 aliphatic rings. The maximum atomic E-state index is 10.8. The minimum absolute atomic E-state index is 0.383. The first-order valence-corrected chi connectivity index (χ1v) is 3.28. The molecule has 1 aromatic rings. The zero-order valence-corrected chi connectivity index (χ0v) is 6.18. The summed E-state index contributed by atoms with van der Waals surface area (Å²) in [6, 6.07) is 0. The summed E-state index contributed by atoms with van der Waals surface area (Å²) in [6.45, 7) is 0.981. The van der Waals surface area contributed by atoms with Crippen molar-refractivity contribution in [2.45, 2.75) is 6.54 Å².